The van der Waals surface area contributed by atoms with Gasteiger partial charge in [-0.2, -0.15) is 0 Å². The average molecular weight is 319 g/mol. The maximum Gasteiger partial charge on any atom is 0.333 e. The predicted octanol–water partition coefficient (Wildman–Crippen LogP) is 0.557. The molecule has 0 amide bonds. The van der Waals surface area contributed by atoms with Gasteiger partial charge in [0.05, 0.1) is 14.2 Å². The smallest absolute Gasteiger partial charge is 0.333 e. The average Bonchev–Trinajstić information content (AvgIpc) is 2.57. The van der Waals surface area contributed by atoms with Crippen molar-refractivity contribution in [1.82, 2.24) is 9.13 Å². The first-order valence-electron chi connectivity index (χ1n) is 6.65. The number of aromatic nitrogens is 2. The molecule has 1 N–H and O–H groups in total. The van der Waals surface area contributed by atoms with Gasteiger partial charge in [0.15, 0.2) is 0 Å². The van der Waals surface area contributed by atoms with Gasteiger partial charge in [0, 0.05) is 26.4 Å². The van der Waals surface area contributed by atoms with Crippen LogP contribution >= 0.6 is 0 Å². The fraction of sp³-hybridized carbons (Fsp3) is 0.267. The second-order valence-corrected chi connectivity index (χ2v) is 4.74. The molecular formula is C15H17N3O5. The summed E-state index contributed by atoms with van der Waals surface area (Å²) in [7, 11) is 5.70. The first kappa shape index (κ1) is 16.3. The summed E-state index contributed by atoms with van der Waals surface area (Å²) in [5, 5.41) is 9.99. The van der Waals surface area contributed by atoms with Crippen LogP contribution in [0.3, 0.4) is 0 Å². The number of rotatable bonds is 4. The second-order valence-electron chi connectivity index (χ2n) is 4.74. The van der Waals surface area contributed by atoms with Crippen LogP contribution in [0.5, 0.6) is 17.4 Å². The minimum absolute atomic E-state index is 0.0977. The van der Waals surface area contributed by atoms with Gasteiger partial charge < -0.3 is 14.6 Å². The third-order valence-corrected chi connectivity index (χ3v) is 3.39. The number of ether oxygens (including phenoxy) is 2. The van der Waals surface area contributed by atoms with Crippen LogP contribution in [0.2, 0.25) is 0 Å². The molecule has 2 rings (SSSR count). The minimum atomic E-state index is -0.642. The van der Waals surface area contributed by atoms with Crippen molar-refractivity contribution in [2.45, 2.75) is 0 Å². The Morgan fingerprint density at radius 2 is 1.83 bits per heavy atom. The Kier molecular flexibility index (Phi) is 4.54. The molecule has 122 valence electrons. The summed E-state index contributed by atoms with van der Waals surface area (Å²) in [6, 6.07) is 5.00. The summed E-state index contributed by atoms with van der Waals surface area (Å²) in [6.45, 7) is 0. The second kappa shape index (κ2) is 6.39. The molecule has 0 aliphatic heterocycles. The van der Waals surface area contributed by atoms with Gasteiger partial charge in [-0.25, -0.2) is 4.79 Å². The molecule has 0 spiro atoms. The van der Waals surface area contributed by atoms with Gasteiger partial charge in [-0.1, -0.05) is 0 Å². The Balaban J connectivity index is 2.58. The molecule has 0 fully saturated rings. The van der Waals surface area contributed by atoms with Crippen LogP contribution in [0.4, 0.5) is 5.69 Å². The van der Waals surface area contributed by atoms with Crippen LogP contribution in [-0.2, 0) is 14.1 Å². The lowest BCUT2D eigenvalue weighted by atomic mass is 10.2. The predicted molar refractivity (Wildman–Crippen MR) is 85.4 cm³/mol. The molecule has 0 bridgehead atoms. The molecule has 0 radical (unpaired) electrons. The minimum Gasteiger partial charge on any atom is -0.497 e. The molecule has 23 heavy (non-hydrogen) atoms. The molecule has 0 aliphatic rings. The molecule has 8 heteroatoms. The van der Waals surface area contributed by atoms with Crippen molar-refractivity contribution in [1.29, 1.82) is 0 Å². The van der Waals surface area contributed by atoms with Gasteiger partial charge in [0.1, 0.15) is 22.7 Å². The highest BCUT2D eigenvalue weighted by Crippen LogP contribution is 2.31. The third kappa shape index (κ3) is 2.96. The van der Waals surface area contributed by atoms with Crippen molar-refractivity contribution in [3.05, 3.63) is 44.6 Å². The van der Waals surface area contributed by atoms with E-state index < -0.39 is 17.1 Å². The number of benzene rings is 1. The first-order valence-corrected chi connectivity index (χ1v) is 6.65. The molecule has 0 unspecified atom stereocenters. The van der Waals surface area contributed by atoms with Crippen molar-refractivity contribution < 1.29 is 14.6 Å². The summed E-state index contributed by atoms with van der Waals surface area (Å²) in [5.74, 6) is 0.586. The summed E-state index contributed by atoms with van der Waals surface area (Å²) >= 11 is 0. The fourth-order valence-electron chi connectivity index (χ4n) is 2.00. The molecule has 1 aromatic heterocycles. The Hall–Kier alpha value is -3.03. The van der Waals surface area contributed by atoms with E-state index in [1.54, 1.807) is 18.2 Å². The highest BCUT2D eigenvalue weighted by Gasteiger charge is 2.13. The molecule has 1 heterocycles. The summed E-state index contributed by atoms with van der Waals surface area (Å²) < 4.78 is 12.2. The van der Waals surface area contributed by atoms with Gasteiger partial charge in [0.2, 0.25) is 5.88 Å². The van der Waals surface area contributed by atoms with E-state index in [9.17, 15) is 14.7 Å². The van der Waals surface area contributed by atoms with E-state index in [0.29, 0.717) is 17.2 Å². The quantitative estimate of drug-likeness (QED) is 0.831. The van der Waals surface area contributed by atoms with E-state index in [1.165, 1.54) is 34.5 Å². The summed E-state index contributed by atoms with van der Waals surface area (Å²) in [4.78, 5) is 28.0. The lowest BCUT2D eigenvalue weighted by Crippen LogP contribution is -2.38. The summed E-state index contributed by atoms with van der Waals surface area (Å²) in [5.41, 5.74) is -0.943. The monoisotopic (exact) mass is 319 g/mol. The van der Waals surface area contributed by atoms with Crippen molar-refractivity contribution in [3.63, 3.8) is 0 Å². The Morgan fingerprint density at radius 1 is 1.13 bits per heavy atom. The van der Waals surface area contributed by atoms with Crippen LogP contribution < -0.4 is 20.7 Å². The van der Waals surface area contributed by atoms with Gasteiger partial charge >= 0.3 is 5.69 Å². The Morgan fingerprint density at radius 3 is 2.43 bits per heavy atom. The van der Waals surface area contributed by atoms with E-state index in [2.05, 4.69) is 4.99 Å². The van der Waals surface area contributed by atoms with Crippen molar-refractivity contribution >= 4 is 11.9 Å². The van der Waals surface area contributed by atoms with Gasteiger partial charge in [-0.15, -0.1) is 0 Å². The fourth-order valence-corrected chi connectivity index (χ4v) is 2.00. The Bertz CT molecular complexity index is 880. The topological polar surface area (TPSA) is 95.0 Å². The standard InChI is InChI=1S/C15H17N3O5/c1-17-13(19)10(14(20)18(2)15(17)21)8-16-11-7-9(22-3)5-6-12(11)23-4/h5-8,19H,1-4H3. The van der Waals surface area contributed by atoms with Crippen LogP contribution in [0.25, 0.3) is 0 Å². The number of aliphatic imine (C=N–C) groups is 1. The lowest BCUT2D eigenvalue weighted by Gasteiger charge is -2.08. The van der Waals surface area contributed by atoms with Crippen LogP contribution in [0.1, 0.15) is 5.56 Å². The molecule has 0 atom stereocenters. The highest BCUT2D eigenvalue weighted by atomic mass is 16.5. The highest BCUT2D eigenvalue weighted by molar-refractivity contribution is 5.84. The van der Waals surface area contributed by atoms with E-state index >= 15 is 0 Å². The van der Waals surface area contributed by atoms with Crippen molar-refractivity contribution in [3.8, 4) is 17.4 Å². The van der Waals surface area contributed by atoms with E-state index in [1.807, 2.05) is 0 Å². The van der Waals surface area contributed by atoms with Crippen LogP contribution in [0, 0.1) is 0 Å². The molecule has 0 aliphatic carbocycles. The number of hydrogen-bond acceptors (Lipinski definition) is 6. The van der Waals surface area contributed by atoms with Gasteiger partial charge in [-0.3, -0.25) is 18.9 Å². The summed E-state index contributed by atoms with van der Waals surface area (Å²) in [6.07, 6.45) is 1.19. The molecule has 1 aromatic carbocycles. The molecule has 0 saturated heterocycles. The lowest BCUT2D eigenvalue weighted by molar-refractivity contribution is 0.404. The van der Waals surface area contributed by atoms with Gasteiger partial charge in [-0.05, 0) is 12.1 Å². The number of aromatic hydroxyl groups is 1. The Labute approximate surface area is 131 Å². The first-order chi connectivity index (χ1) is 10.9. The van der Waals surface area contributed by atoms with E-state index in [-0.39, 0.29) is 5.56 Å². The normalized spacial score (nSPS) is 11.0. The number of methoxy groups -OCH3 is 2. The number of nitrogens with zero attached hydrogens (tertiary/aromatic N) is 3. The zero-order valence-corrected chi connectivity index (χ0v) is 13.2. The zero-order valence-electron chi connectivity index (χ0n) is 13.2. The molecule has 0 saturated carbocycles. The molecule has 2 aromatic rings. The SMILES string of the molecule is COc1ccc(OC)c(N=Cc2c(O)n(C)c(=O)n(C)c2=O)c1. The number of hydrogen-bond donors (Lipinski definition) is 1. The molecule has 8 nitrogen and oxygen atoms in total. The van der Waals surface area contributed by atoms with Crippen LogP contribution in [-0.4, -0.2) is 34.7 Å². The third-order valence-electron chi connectivity index (χ3n) is 3.39. The van der Waals surface area contributed by atoms with Crippen molar-refractivity contribution in [2.24, 2.45) is 19.1 Å². The maximum atomic E-state index is 12.1. The van der Waals surface area contributed by atoms with Gasteiger partial charge in [0.25, 0.3) is 5.56 Å². The maximum absolute atomic E-state index is 12.1. The molecular weight excluding hydrogens is 302 g/mol. The largest absolute Gasteiger partial charge is 0.497 e. The zero-order chi connectivity index (χ0) is 17.1. The van der Waals surface area contributed by atoms with E-state index in [0.717, 1.165) is 9.13 Å². The van der Waals surface area contributed by atoms with Crippen LogP contribution in [0.15, 0.2) is 32.8 Å². The van der Waals surface area contributed by atoms with Crippen molar-refractivity contribution in [2.75, 3.05) is 14.2 Å². The van der Waals surface area contributed by atoms with E-state index in [4.69, 9.17) is 9.47 Å².